The minimum Gasteiger partial charge on any atom is -0.460 e. The molecule has 0 aromatic heterocycles. The first-order chi connectivity index (χ1) is 7.69. The zero-order valence-electron chi connectivity index (χ0n) is 8.99. The lowest BCUT2D eigenvalue weighted by Crippen LogP contribution is -2.27. The highest BCUT2D eigenvalue weighted by atomic mass is 79.9. The van der Waals surface area contributed by atoms with Crippen LogP contribution >= 0.6 is 15.9 Å². The highest BCUT2D eigenvalue weighted by molar-refractivity contribution is 9.09. The first-order valence-corrected chi connectivity index (χ1v) is 6.72. The van der Waals surface area contributed by atoms with Gasteiger partial charge in [0.25, 0.3) is 0 Å². The Morgan fingerprint density at radius 1 is 1.19 bits per heavy atom. The monoisotopic (exact) mass is 290 g/mol. The van der Waals surface area contributed by atoms with E-state index in [-0.39, 0.29) is 18.0 Å². The Bertz CT molecular complexity index is 292. The van der Waals surface area contributed by atoms with E-state index < -0.39 is 11.9 Å². The Balaban J connectivity index is 1.69. The molecule has 2 saturated carbocycles. The molecule has 90 valence electrons. The van der Waals surface area contributed by atoms with E-state index in [0.29, 0.717) is 5.92 Å². The summed E-state index contributed by atoms with van der Waals surface area (Å²) in [5.74, 6) is 0.422. The molecule has 2 fully saturated rings. The average molecular weight is 291 g/mol. The molecule has 3 unspecified atom stereocenters. The van der Waals surface area contributed by atoms with Gasteiger partial charge in [-0.1, -0.05) is 15.9 Å². The van der Waals surface area contributed by atoms with Crippen molar-refractivity contribution >= 4 is 27.9 Å². The van der Waals surface area contributed by atoms with Crippen molar-refractivity contribution in [3.63, 3.8) is 0 Å². The fourth-order valence-electron chi connectivity index (χ4n) is 2.71. The SMILES string of the molecule is O=C(CBr)OCC(=O)OC1CC2CCC1C2. The lowest BCUT2D eigenvalue weighted by atomic mass is 9.98. The number of ether oxygens (including phenoxy) is 2. The lowest BCUT2D eigenvalue weighted by molar-refractivity contribution is -0.162. The predicted molar refractivity (Wildman–Crippen MR) is 60.1 cm³/mol. The molecule has 0 aromatic carbocycles. The molecule has 2 rings (SSSR count). The Labute approximate surface area is 103 Å². The molecule has 0 saturated heterocycles. The molecule has 0 spiro atoms. The fraction of sp³-hybridized carbons (Fsp3) is 0.818. The maximum absolute atomic E-state index is 11.4. The van der Waals surface area contributed by atoms with Crippen molar-refractivity contribution in [2.24, 2.45) is 11.8 Å². The molecule has 0 aromatic rings. The first kappa shape index (κ1) is 11.9. The number of fused-ring (bicyclic) bond motifs is 2. The van der Waals surface area contributed by atoms with Gasteiger partial charge in [0.2, 0.25) is 0 Å². The van der Waals surface area contributed by atoms with Crippen LogP contribution in [0.5, 0.6) is 0 Å². The number of carbonyl (C=O) groups excluding carboxylic acids is 2. The summed E-state index contributed by atoms with van der Waals surface area (Å²) in [5, 5.41) is 0.106. The molecule has 0 aliphatic heterocycles. The molecule has 2 bridgehead atoms. The summed E-state index contributed by atoms with van der Waals surface area (Å²) in [6.07, 6.45) is 4.69. The highest BCUT2D eigenvalue weighted by Gasteiger charge is 2.41. The van der Waals surface area contributed by atoms with Crippen molar-refractivity contribution in [1.82, 2.24) is 0 Å². The molecular formula is C11H15BrO4. The molecule has 16 heavy (non-hydrogen) atoms. The molecule has 2 aliphatic rings. The van der Waals surface area contributed by atoms with Crippen molar-refractivity contribution in [2.75, 3.05) is 11.9 Å². The molecule has 5 heteroatoms. The number of alkyl halides is 1. The van der Waals surface area contributed by atoms with Crippen LogP contribution in [0.25, 0.3) is 0 Å². The van der Waals surface area contributed by atoms with Gasteiger partial charge in [0.1, 0.15) is 11.4 Å². The molecule has 4 nitrogen and oxygen atoms in total. The molecule has 0 heterocycles. The topological polar surface area (TPSA) is 52.6 Å². The van der Waals surface area contributed by atoms with E-state index in [1.54, 1.807) is 0 Å². The van der Waals surface area contributed by atoms with E-state index in [0.717, 1.165) is 12.3 Å². The van der Waals surface area contributed by atoms with E-state index in [2.05, 4.69) is 20.7 Å². The maximum atomic E-state index is 11.4. The van der Waals surface area contributed by atoms with Gasteiger partial charge in [0, 0.05) is 0 Å². The Kier molecular flexibility index (Phi) is 3.84. The second-order valence-electron chi connectivity index (χ2n) is 4.50. The second-order valence-corrected chi connectivity index (χ2v) is 5.06. The standard InChI is InChI=1S/C11H15BrO4/c12-5-10(13)15-6-11(14)16-9-4-7-1-2-8(9)3-7/h7-9H,1-6H2. The summed E-state index contributed by atoms with van der Waals surface area (Å²) >= 11 is 2.95. The van der Waals surface area contributed by atoms with Crippen LogP contribution in [-0.4, -0.2) is 30.0 Å². The maximum Gasteiger partial charge on any atom is 0.344 e. The summed E-state index contributed by atoms with van der Waals surface area (Å²) in [6, 6.07) is 0. The third-order valence-corrected chi connectivity index (χ3v) is 3.87. The van der Waals surface area contributed by atoms with Gasteiger partial charge in [-0.05, 0) is 37.5 Å². The van der Waals surface area contributed by atoms with Crippen LogP contribution in [0.15, 0.2) is 0 Å². The van der Waals surface area contributed by atoms with Crippen LogP contribution in [0.3, 0.4) is 0 Å². The number of halogens is 1. The number of esters is 2. The van der Waals surface area contributed by atoms with Crippen molar-refractivity contribution in [1.29, 1.82) is 0 Å². The van der Waals surface area contributed by atoms with Crippen LogP contribution in [0.1, 0.15) is 25.7 Å². The van der Waals surface area contributed by atoms with Crippen molar-refractivity contribution in [2.45, 2.75) is 31.8 Å². The zero-order valence-corrected chi connectivity index (χ0v) is 10.6. The van der Waals surface area contributed by atoms with Crippen LogP contribution in [-0.2, 0) is 19.1 Å². The first-order valence-electron chi connectivity index (χ1n) is 5.60. The molecule has 0 amide bonds. The van der Waals surface area contributed by atoms with Crippen LogP contribution in [0.4, 0.5) is 0 Å². The van der Waals surface area contributed by atoms with E-state index in [1.807, 2.05) is 0 Å². The van der Waals surface area contributed by atoms with Gasteiger partial charge in [-0.15, -0.1) is 0 Å². The third kappa shape index (κ3) is 2.75. The minimum atomic E-state index is -0.440. The van der Waals surface area contributed by atoms with Gasteiger partial charge in [-0.25, -0.2) is 4.79 Å². The minimum absolute atomic E-state index is 0.0638. The smallest absolute Gasteiger partial charge is 0.344 e. The highest BCUT2D eigenvalue weighted by Crippen LogP contribution is 2.45. The molecule has 3 atom stereocenters. The van der Waals surface area contributed by atoms with Gasteiger partial charge in [0.15, 0.2) is 6.61 Å². The largest absolute Gasteiger partial charge is 0.460 e. The van der Waals surface area contributed by atoms with Gasteiger partial charge >= 0.3 is 11.9 Å². The van der Waals surface area contributed by atoms with Crippen molar-refractivity contribution in [3.05, 3.63) is 0 Å². The van der Waals surface area contributed by atoms with Gasteiger partial charge in [0.05, 0.1) is 0 Å². The van der Waals surface area contributed by atoms with Gasteiger partial charge in [-0.3, -0.25) is 4.79 Å². The third-order valence-electron chi connectivity index (χ3n) is 3.42. The van der Waals surface area contributed by atoms with Gasteiger partial charge in [-0.2, -0.15) is 0 Å². The zero-order chi connectivity index (χ0) is 11.5. The van der Waals surface area contributed by atoms with Crippen LogP contribution in [0.2, 0.25) is 0 Å². The number of hydrogen-bond donors (Lipinski definition) is 0. The molecule has 0 radical (unpaired) electrons. The fourth-order valence-corrected chi connectivity index (χ4v) is 2.87. The quantitative estimate of drug-likeness (QED) is 0.584. The summed E-state index contributed by atoms with van der Waals surface area (Å²) < 4.78 is 9.99. The normalized spacial score (nSPS) is 31.4. The number of rotatable bonds is 4. The number of carbonyl (C=O) groups is 2. The molecular weight excluding hydrogens is 276 g/mol. The Morgan fingerprint density at radius 3 is 2.56 bits per heavy atom. The van der Waals surface area contributed by atoms with E-state index >= 15 is 0 Å². The summed E-state index contributed by atoms with van der Waals surface area (Å²) in [4.78, 5) is 22.2. The Morgan fingerprint density at radius 2 is 2.00 bits per heavy atom. The van der Waals surface area contributed by atoms with E-state index in [9.17, 15) is 9.59 Å². The summed E-state index contributed by atoms with van der Waals surface area (Å²) in [6.45, 7) is -0.266. The van der Waals surface area contributed by atoms with Crippen molar-refractivity contribution in [3.8, 4) is 0 Å². The van der Waals surface area contributed by atoms with Crippen LogP contribution < -0.4 is 0 Å². The molecule has 0 N–H and O–H groups in total. The van der Waals surface area contributed by atoms with E-state index in [4.69, 9.17) is 4.74 Å². The Hall–Kier alpha value is -0.580. The average Bonchev–Trinajstić information content (AvgIpc) is 2.87. The van der Waals surface area contributed by atoms with E-state index in [1.165, 1.54) is 19.3 Å². The van der Waals surface area contributed by atoms with Gasteiger partial charge < -0.3 is 9.47 Å². The lowest BCUT2D eigenvalue weighted by Gasteiger charge is -2.21. The second kappa shape index (κ2) is 5.17. The summed E-state index contributed by atoms with van der Waals surface area (Å²) in [5.41, 5.74) is 0. The summed E-state index contributed by atoms with van der Waals surface area (Å²) in [7, 11) is 0. The number of hydrogen-bond acceptors (Lipinski definition) is 4. The predicted octanol–water partition coefficient (Wildman–Crippen LogP) is 1.66. The van der Waals surface area contributed by atoms with Crippen molar-refractivity contribution < 1.29 is 19.1 Å². The molecule has 2 aliphatic carbocycles. The van der Waals surface area contributed by atoms with Crippen LogP contribution in [0, 0.1) is 11.8 Å².